The van der Waals surface area contributed by atoms with Crippen molar-refractivity contribution in [2.45, 2.75) is 88.5 Å². The van der Waals surface area contributed by atoms with Crippen molar-refractivity contribution in [1.82, 2.24) is 20.0 Å². The molecule has 1 aliphatic rings. The third kappa shape index (κ3) is 6.89. The Morgan fingerprint density at radius 3 is 2.50 bits per heavy atom. The first-order valence-electron chi connectivity index (χ1n) is 11.9. The predicted molar refractivity (Wildman–Crippen MR) is 129 cm³/mol. The van der Waals surface area contributed by atoms with Gasteiger partial charge in [-0.3, -0.25) is 4.79 Å². The smallest absolute Gasteiger partial charge is 0.258 e. The zero-order chi connectivity index (χ0) is 26.8. The van der Waals surface area contributed by atoms with Crippen molar-refractivity contribution in [1.29, 1.82) is 0 Å². The molecule has 202 valence electrons. The van der Waals surface area contributed by atoms with Gasteiger partial charge in [0, 0.05) is 24.2 Å². The molecular weight excluding hydrogens is 503 g/mol. The number of carbonyl (C=O) groups is 1. The molecule has 3 unspecified atom stereocenters. The molecule has 1 heterocycles. The summed E-state index contributed by atoms with van der Waals surface area (Å²) in [6.07, 6.45) is -5.16. The van der Waals surface area contributed by atoms with Gasteiger partial charge in [0.05, 0.1) is 17.1 Å². The summed E-state index contributed by atoms with van der Waals surface area (Å²) < 4.78 is 82.2. The van der Waals surface area contributed by atoms with E-state index in [9.17, 15) is 31.3 Å². The summed E-state index contributed by atoms with van der Waals surface area (Å²) in [5, 5.41) is 2.33. The van der Waals surface area contributed by atoms with E-state index in [4.69, 9.17) is 0 Å². The van der Waals surface area contributed by atoms with Gasteiger partial charge >= 0.3 is 0 Å². The molecule has 1 aliphatic carbocycles. The Balaban J connectivity index is 1.84. The fourth-order valence-electron chi connectivity index (χ4n) is 4.15. The van der Waals surface area contributed by atoms with Crippen LogP contribution in [0, 0.1) is 5.92 Å². The standard InChI is InChI=1S/C24H33F5N4O2S/c1-13(30-22(34)19(27)16(26)12-25)15-5-6-17-18(11-15)32-21(31-17)20(33-36(35)23(2,3)4)14-7-9-24(28,29)10-8-14/h5-6,11,13-14,16,19-20,33H,7-10,12H2,1-4H3,(H,30,34)(H,31,32)/t13-,16?,19?,20+,36?/m1/s1. The van der Waals surface area contributed by atoms with Crippen LogP contribution in [0.4, 0.5) is 22.0 Å². The van der Waals surface area contributed by atoms with Crippen LogP contribution < -0.4 is 10.0 Å². The molecule has 2 aromatic rings. The molecule has 5 atom stereocenters. The van der Waals surface area contributed by atoms with Gasteiger partial charge in [0.1, 0.15) is 23.3 Å². The Kier molecular flexibility index (Phi) is 8.93. The molecular formula is C24H33F5N4O2S. The van der Waals surface area contributed by atoms with Crippen molar-refractivity contribution >= 4 is 28.3 Å². The lowest BCUT2D eigenvalue weighted by Crippen LogP contribution is -2.44. The number of benzene rings is 1. The highest BCUT2D eigenvalue weighted by Crippen LogP contribution is 2.42. The summed E-state index contributed by atoms with van der Waals surface area (Å²) in [6, 6.07) is 3.75. The number of nitrogens with one attached hydrogen (secondary N) is 3. The van der Waals surface area contributed by atoms with E-state index < -0.39 is 59.0 Å². The molecule has 1 amide bonds. The zero-order valence-corrected chi connectivity index (χ0v) is 21.5. The maximum absolute atomic E-state index is 13.8. The number of nitrogens with zero attached hydrogens (tertiary/aromatic N) is 1. The lowest BCUT2D eigenvalue weighted by atomic mass is 9.82. The molecule has 0 saturated heterocycles. The Labute approximate surface area is 210 Å². The molecule has 1 aromatic heterocycles. The fraction of sp³-hybridized carbons (Fsp3) is 0.667. The minimum atomic E-state index is -2.71. The maximum Gasteiger partial charge on any atom is 0.258 e. The first-order valence-corrected chi connectivity index (χ1v) is 13.1. The summed E-state index contributed by atoms with van der Waals surface area (Å²) in [4.78, 5) is 19.7. The van der Waals surface area contributed by atoms with Crippen LogP contribution in [0.5, 0.6) is 0 Å². The van der Waals surface area contributed by atoms with Crippen molar-refractivity contribution in [2.24, 2.45) is 5.92 Å². The van der Waals surface area contributed by atoms with Crippen LogP contribution in [0.15, 0.2) is 18.2 Å². The molecule has 12 heteroatoms. The second-order valence-electron chi connectivity index (χ2n) is 10.4. The molecule has 0 aliphatic heterocycles. The Bertz CT molecular complexity index is 1040. The average Bonchev–Trinajstić information content (AvgIpc) is 3.24. The number of amides is 1. The number of carbonyl (C=O) groups excluding carboxylic acids is 1. The van der Waals surface area contributed by atoms with Crippen LogP contribution in [0.25, 0.3) is 11.0 Å². The molecule has 3 rings (SSSR count). The maximum atomic E-state index is 13.8. The van der Waals surface area contributed by atoms with E-state index in [-0.39, 0.29) is 31.6 Å². The first-order chi connectivity index (χ1) is 16.7. The van der Waals surface area contributed by atoms with Crippen LogP contribution in [0.3, 0.4) is 0 Å². The van der Waals surface area contributed by atoms with Crippen molar-refractivity contribution in [3.05, 3.63) is 29.6 Å². The zero-order valence-electron chi connectivity index (χ0n) is 20.7. The van der Waals surface area contributed by atoms with Crippen molar-refractivity contribution in [3.63, 3.8) is 0 Å². The van der Waals surface area contributed by atoms with E-state index in [1.807, 2.05) is 20.8 Å². The lowest BCUT2D eigenvalue weighted by Gasteiger charge is -2.35. The molecule has 6 nitrogen and oxygen atoms in total. The molecule has 1 aromatic carbocycles. The average molecular weight is 537 g/mol. The van der Waals surface area contributed by atoms with Crippen molar-refractivity contribution < 1.29 is 31.3 Å². The third-order valence-electron chi connectivity index (χ3n) is 6.42. The number of fused-ring (bicyclic) bond motifs is 1. The molecule has 0 radical (unpaired) electrons. The molecule has 36 heavy (non-hydrogen) atoms. The Morgan fingerprint density at radius 2 is 1.92 bits per heavy atom. The van der Waals surface area contributed by atoms with E-state index in [1.54, 1.807) is 25.1 Å². The molecule has 3 N–H and O–H groups in total. The number of hydrogen-bond acceptors (Lipinski definition) is 4. The van der Waals surface area contributed by atoms with Crippen LogP contribution in [-0.4, -0.2) is 50.1 Å². The number of aromatic amines is 1. The fourth-order valence-corrected chi connectivity index (χ4v) is 5.03. The Morgan fingerprint density at radius 1 is 1.28 bits per heavy atom. The van der Waals surface area contributed by atoms with Gasteiger partial charge in [-0.2, -0.15) is 0 Å². The summed E-state index contributed by atoms with van der Waals surface area (Å²) >= 11 is -1.48. The van der Waals surface area contributed by atoms with Crippen LogP contribution in [-0.2, 0) is 16.2 Å². The molecule has 1 saturated carbocycles. The quantitative estimate of drug-likeness (QED) is 0.299. The summed E-state index contributed by atoms with van der Waals surface area (Å²) in [5.41, 5.74) is 1.70. The minimum absolute atomic E-state index is 0.209. The van der Waals surface area contributed by atoms with Crippen LogP contribution in [0.1, 0.15) is 76.8 Å². The van der Waals surface area contributed by atoms with Crippen molar-refractivity contribution in [2.75, 3.05) is 6.67 Å². The van der Waals surface area contributed by atoms with Gasteiger partial charge < -0.3 is 14.9 Å². The van der Waals surface area contributed by atoms with E-state index in [1.165, 1.54) is 0 Å². The highest BCUT2D eigenvalue weighted by atomic mass is 32.2. The number of aromatic nitrogens is 2. The second-order valence-corrected chi connectivity index (χ2v) is 12.4. The Hall–Kier alpha value is -1.92. The number of alkyl halides is 5. The van der Waals surface area contributed by atoms with Gasteiger partial charge in [-0.25, -0.2) is 26.9 Å². The normalized spacial score (nSPS) is 21.1. The lowest BCUT2D eigenvalue weighted by molar-refractivity contribution is -0.129. The summed E-state index contributed by atoms with van der Waals surface area (Å²) in [5.74, 6) is -3.71. The summed E-state index contributed by atoms with van der Waals surface area (Å²) in [7, 11) is 0. The number of imidazole rings is 1. The predicted octanol–water partition coefficient (Wildman–Crippen LogP) is 5.30. The van der Waals surface area contributed by atoms with Crippen LogP contribution in [0.2, 0.25) is 0 Å². The monoisotopic (exact) mass is 536 g/mol. The molecule has 1 fully saturated rings. The topological polar surface area (TPSA) is 92.9 Å². The largest absolute Gasteiger partial charge is 0.598 e. The molecule has 0 bridgehead atoms. The third-order valence-corrected chi connectivity index (χ3v) is 8.00. The van der Waals surface area contributed by atoms with E-state index in [0.29, 0.717) is 22.4 Å². The van der Waals surface area contributed by atoms with Gasteiger partial charge in [-0.1, -0.05) is 6.07 Å². The van der Waals surface area contributed by atoms with Gasteiger partial charge in [0.25, 0.3) is 5.91 Å². The van der Waals surface area contributed by atoms with Gasteiger partial charge in [0.15, 0.2) is 6.17 Å². The second kappa shape index (κ2) is 11.2. The summed E-state index contributed by atoms with van der Waals surface area (Å²) in [6.45, 7) is 5.40. The number of H-pyrrole nitrogens is 1. The highest BCUT2D eigenvalue weighted by Gasteiger charge is 2.41. The van der Waals surface area contributed by atoms with E-state index in [2.05, 4.69) is 20.0 Å². The highest BCUT2D eigenvalue weighted by molar-refractivity contribution is 7.90. The first kappa shape index (κ1) is 28.6. The van der Waals surface area contributed by atoms with E-state index in [0.717, 1.165) is 0 Å². The number of rotatable bonds is 9. The minimum Gasteiger partial charge on any atom is -0.598 e. The number of hydrogen-bond donors (Lipinski definition) is 3. The van der Waals surface area contributed by atoms with Gasteiger partial charge in [0.2, 0.25) is 12.1 Å². The van der Waals surface area contributed by atoms with Crippen LogP contribution >= 0.6 is 0 Å². The van der Waals surface area contributed by atoms with Crippen molar-refractivity contribution in [3.8, 4) is 0 Å². The SMILES string of the molecule is C[C@@H](NC(=O)C(F)C(F)CF)c1ccc2nc([C@@H](N[S+]([O-])C(C)(C)C)C3CCC(F)(F)CC3)[nH]c2c1. The van der Waals surface area contributed by atoms with E-state index >= 15 is 0 Å². The van der Waals surface area contributed by atoms with Gasteiger partial charge in [-0.15, -0.1) is 4.72 Å². The van der Waals surface area contributed by atoms with Gasteiger partial charge in [-0.05, 0) is 64.2 Å². The molecule has 0 spiro atoms. The number of halogens is 5.